The van der Waals surface area contributed by atoms with Gasteiger partial charge in [0.2, 0.25) is 0 Å². The van der Waals surface area contributed by atoms with Crippen molar-refractivity contribution in [1.29, 1.82) is 5.41 Å². The molecule has 0 saturated carbocycles. The number of nitrogens with one attached hydrogen (secondary N) is 2. The first kappa shape index (κ1) is 19.7. The molecule has 1 amide bonds. The Morgan fingerprint density at radius 3 is 2.29 bits per heavy atom. The summed E-state index contributed by atoms with van der Waals surface area (Å²) in [5, 5.41) is 14.6. The summed E-state index contributed by atoms with van der Waals surface area (Å²) in [4.78, 5) is 25.3. The Labute approximate surface area is 171 Å². The van der Waals surface area contributed by atoms with Gasteiger partial charge in [-0.3, -0.25) is 14.3 Å². The molecule has 28 heavy (non-hydrogen) atoms. The number of carbonyl (C=O) groups is 2. The minimum absolute atomic E-state index is 0.0580. The fourth-order valence-corrected chi connectivity index (χ4v) is 3.02. The molecule has 0 aliphatic carbocycles. The van der Waals surface area contributed by atoms with E-state index in [-0.39, 0.29) is 18.1 Å². The zero-order valence-corrected chi connectivity index (χ0v) is 17.1. The maximum atomic E-state index is 12.7. The van der Waals surface area contributed by atoms with Gasteiger partial charge in [0.25, 0.3) is 5.91 Å². The van der Waals surface area contributed by atoms with Crippen LogP contribution in [0.4, 0.5) is 5.69 Å². The van der Waals surface area contributed by atoms with Gasteiger partial charge in [0, 0.05) is 28.5 Å². The van der Waals surface area contributed by atoms with Crippen LogP contribution in [0.3, 0.4) is 0 Å². The van der Waals surface area contributed by atoms with Gasteiger partial charge in [-0.1, -0.05) is 40.2 Å². The van der Waals surface area contributed by atoms with Crippen LogP contribution >= 0.6 is 15.9 Å². The number of nitrogens with zero attached hydrogens (tertiary/aromatic N) is 2. The molecule has 0 aliphatic rings. The van der Waals surface area contributed by atoms with E-state index in [1.165, 1.54) is 6.20 Å². The van der Waals surface area contributed by atoms with E-state index in [1.54, 1.807) is 55.1 Å². The number of anilines is 1. The third kappa shape index (κ3) is 4.43. The van der Waals surface area contributed by atoms with Gasteiger partial charge >= 0.3 is 0 Å². The number of halogens is 1. The Morgan fingerprint density at radius 2 is 1.68 bits per heavy atom. The summed E-state index contributed by atoms with van der Waals surface area (Å²) in [6.07, 6.45) is 1.53. The first-order chi connectivity index (χ1) is 13.3. The molecule has 0 radical (unpaired) electrons. The van der Waals surface area contributed by atoms with Crippen LogP contribution in [0.2, 0.25) is 0 Å². The number of rotatable bonds is 6. The molecule has 142 valence electrons. The van der Waals surface area contributed by atoms with Gasteiger partial charge in [0.1, 0.15) is 0 Å². The number of aryl methyl sites for hydroxylation is 1. The molecule has 0 fully saturated rings. The van der Waals surface area contributed by atoms with E-state index in [2.05, 4.69) is 26.3 Å². The van der Waals surface area contributed by atoms with Crippen molar-refractivity contribution in [2.24, 2.45) is 7.05 Å². The Kier molecular flexibility index (Phi) is 5.84. The lowest BCUT2D eigenvalue weighted by Gasteiger charge is -2.08. The van der Waals surface area contributed by atoms with Crippen molar-refractivity contribution in [3.05, 3.63) is 81.6 Å². The molecule has 3 rings (SSSR count). The van der Waals surface area contributed by atoms with Crippen LogP contribution in [0.5, 0.6) is 0 Å². The fourth-order valence-electron chi connectivity index (χ4n) is 2.75. The van der Waals surface area contributed by atoms with Crippen LogP contribution < -0.4 is 5.32 Å². The van der Waals surface area contributed by atoms with Gasteiger partial charge in [-0.25, -0.2) is 0 Å². The predicted octanol–water partition coefficient (Wildman–Crippen LogP) is 4.25. The monoisotopic (exact) mass is 438 g/mol. The van der Waals surface area contributed by atoms with Gasteiger partial charge in [-0.15, -0.1) is 0 Å². The van der Waals surface area contributed by atoms with Crippen molar-refractivity contribution in [2.45, 2.75) is 13.3 Å². The molecule has 0 unspecified atom stereocenters. The maximum absolute atomic E-state index is 12.7. The van der Waals surface area contributed by atoms with E-state index in [0.717, 1.165) is 10.0 Å². The van der Waals surface area contributed by atoms with E-state index in [9.17, 15) is 9.59 Å². The second-order valence-corrected chi connectivity index (χ2v) is 7.31. The van der Waals surface area contributed by atoms with Crippen LogP contribution in [-0.2, 0) is 13.5 Å². The summed E-state index contributed by atoms with van der Waals surface area (Å²) in [6.45, 7) is 1.70. The highest BCUT2D eigenvalue weighted by molar-refractivity contribution is 9.10. The van der Waals surface area contributed by atoms with Crippen molar-refractivity contribution >= 4 is 39.0 Å². The van der Waals surface area contributed by atoms with Gasteiger partial charge in [0.15, 0.2) is 5.78 Å². The second kappa shape index (κ2) is 8.31. The Balaban J connectivity index is 1.78. The van der Waals surface area contributed by atoms with Crippen molar-refractivity contribution in [3.8, 4) is 0 Å². The summed E-state index contributed by atoms with van der Waals surface area (Å²) in [7, 11) is 1.71. The molecular formula is C21H19BrN4O2. The average molecular weight is 439 g/mol. The van der Waals surface area contributed by atoms with Crippen LogP contribution in [0.1, 0.15) is 38.9 Å². The standard InChI is InChI=1S/C21H19BrN4O2/c1-13(23)14-3-5-15(6-4-14)20(27)11-19-18(12-24-26(19)2)21(28)25-17-9-7-16(22)8-10-17/h3-10,12,23H,11H2,1-2H3,(H,25,28). The molecule has 2 aromatic carbocycles. The van der Waals surface area contributed by atoms with Gasteiger partial charge < -0.3 is 10.7 Å². The molecule has 0 aliphatic heterocycles. The number of benzene rings is 2. The van der Waals surface area contributed by atoms with Crippen molar-refractivity contribution in [3.63, 3.8) is 0 Å². The van der Waals surface area contributed by atoms with Crippen molar-refractivity contribution < 1.29 is 9.59 Å². The third-order valence-corrected chi connectivity index (χ3v) is 4.90. The average Bonchev–Trinajstić information content (AvgIpc) is 3.04. The van der Waals surface area contributed by atoms with Gasteiger partial charge in [0.05, 0.1) is 23.9 Å². The Morgan fingerprint density at radius 1 is 1.07 bits per heavy atom. The van der Waals surface area contributed by atoms with Gasteiger partial charge in [-0.2, -0.15) is 5.10 Å². The minimum atomic E-state index is -0.312. The Bertz CT molecular complexity index is 1040. The minimum Gasteiger partial charge on any atom is -0.322 e. The number of carbonyl (C=O) groups excluding carboxylic acids is 2. The van der Waals surface area contributed by atoms with Crippen LogP contribution in [0, 0.1) is 5.41 Å². The first-order valence-electron chi connectivity index (χ1n) is 8.61. The quantitative estimate of drug-likeness (QED) is 0.445. The summed E-state index contributed by atoms with van der Waals surface area (Å²) < 4.78 is 2.47. The highest BCUT2D eigenvalue weighted by Gasteiger charge is 2.19. The summed E-state index contributed by atoms with van der Waals surface area (Å²) >= 11 is 3.36. The fraction of sp³-hybridized carbons (Fsp3) is 0.143. The van der Waals surface area contributed by atoms with Crippen LogP contribution in [0.15, 0.2) is 59.2 Å². The molecule has 0 bridgehead atoms. The molecule has 7 heteroatoms. The third-order valence-electron chi connectivity index (χ3n) is 4.38. The highest BCUT2D eigenvalue weighted by atomic mass is 79.9. The number of amides is 1. The van der Waals surface area contributed by atoms with E-state index in [0.29, 0.717) is 28.2 Å². The molecule has 0 spiro atoms. The van der Waals surface area contributed by atoms with Gasteiger partial charge in [-0.05, 0) is 36.8 Å². The molecule has 0 atom stereocenters. The zero-order chi connectivity index (χ0) is 20.3. The largest absolute Gasteiger partial charge is 0.322 e. The summed E-state index contributed by atoms with van der Waals surface area (Å²) in [6, 6.07) is 14.2. The van der Waals surface area contributed by atoms with Crippen LogP contribution in [-0.4, -0.2) is 27.2 Å². The Hall–Kier alpha value is -3.06. The highest BCUT2D eigenvalue weighted by Crippen LogP contribution is 2.18. The number of ketones is 1. The molecule has 6 nitrogen and oxygen atoms in total. The topological polar surface area (TPSA) is 87.8 Å². The van der Waals surface area contributed by atoms with Crippen LogP contribution in [0.25, 0.3) is 0 Å². The molecule has 1 aromatic heterocycles. The smallest absolute Gasteiger partial charge is 0.259 e. The lowest BCUT2D eigenvalue weighted by molar-refractivity contribution is 0.0990. The maximum Gasteiger partial charge on any atom is 0.259 e. The number of hydrogen-bond acceptors (Lipinski definition) is 4. The van der Waals surface area contributed by atoms with E-state index < -0.39 is 0 Å². The zero-order valence-electron chi connectivity index (χ0n) is 15.5. The molecule has 0 saturated heterocycles. The normalized spacial score (nSPS) is 10.5. The second-order valence-electron chi connectivity index (χ2n) is 6.39. The number of aromatic nitrogens is 2. The van der Waals surface area contributed by atoms with E-state index in [1.807, 2.05) is 12.1 Å². The number of Topliss-reactive ketones (excluding diaryl/α,β-unsaturated/α-hetero) is 1. The molecule has 1 heterocycles. The van der Waals surface area contributed by atoms with E-state index >= 15 is 0 Å². The summed E-state index contributed by atoms with van der Waals surface area (Å²) in [5.41, 5.74) is 3.32. The predicted molar refractivity (Wildman–Crippen MR) is 112 cm³/mol. The van der Waals surface area contributed by atoms with Crippen molar-refractivity contribution in [1.82, 2.24) is 9.78 Å². The first-order valence-corrected chi connectivity index (χ1v) is 9.41. The van der Waals surface area contributed by atoms with Crippen molar-refractivity contribution in [2.75, 3.05) is 5.32 Å². The summed E-state index contributed by atoms with van der Waals surface area (Å²) in [5.74, 6) is -0.427. The lowest BCUT2D eigenvalue weighted by Crippen LogP contribution is -2.16. The lowest BCUT2D eigenvalue weighted by atomic mass is 10.0. The van der Waals surface area contributed by atoms with E-state index in [4.69, 9.17) is 5.41 Å². The number of hydrogen-bond donors (Lipinski definition) is 2. The molecule has 2 N–H and O–H groups in total. The molecular weight excluding hydrogens is 420 g/mol. The SMILES string of the molecule is CC(=N)c1ccc(C(=O)Cc2c(C(=O)Nc3ccc(Br)cc3)cnn2C)cc1. The molecule has 3 aromatic rings.